The van der Waals surface area contributed by atoms with E-state index >= 15 is 0 Å². The van der Waals surface area contributed by atoms with Crippen LogP contribution in [0.25, 0.3) is 96.0 Å². The topological polar surface area (TPSA) is 19.6 Å². The van der Waals surface area contributed by atoms with Crippen LogP contribution in [0, 0.1) is 0 Å². The largest absolute Gasteiger partial charge is 0.454 e. The monoisotopic (exact) mass is 858 g/mol. The molecule has 0 fully saturated rings. The van der Waals surface area contributed by atoms with Crippen LogP contribution in [-0.4, -0.2) is 0 Å². The summed E-state index contributed by atoms with van der Waals surface area (Å²) in [5, 5.41) is 17.4. The van der Waals surface area contributed by atoms with Crippen molar-refractivity contribution < 1.29 is 4.42 Å². The number of furan rings is 1. The van der Waals surface area contributed by atoms with Crippen molar-refractivity contribution >= 4 is 141 Å². The van der Waals surface area contributed by atoms with Gasteiger partial charge in [-0.25, -0.2) is 0 Å². The van der Waals surface area contributed by atoms with E-state index in [9.17, 15) is 0 Å². The summed E-state index contributed by atoms with van der Waals surface area (Å²) in [6.45, 7) is 0. The van der Waals surface area contributed by atoms with Crippen molar-refractivity contribution in [2.45, 2.75) is 0 Å². The molecule has 0 aliphatic carbocycles. The third kappa shape index (κ3) is 5.62. The number of thiophene rings is 1. The highest BCUT2D eigenvalue weighted by Crippen LogP contribution is 2.47. The zero-order valence-electron chi connectivity index (χ0n) is 35.7. The van der Waals surface area contributed by atoms with Gasteiger partial charge >= 0.3 is 0 Å². The molecule has 0 N–H and O–H groups in total. The van der Waals surface area contributed by atoms with Crippen LogP contribution >= 0.6 is 11.3 Å². The summed E-state index contributed by atoms with van der Waals surface area (Å²) in [5.41, 5.74) is 8.35. The highest BCUT2D eigenvalue weighted by molar-refractivity contribution is 7.26. The van der Waals surface area contributed by atoms with Gasteiger partial charge in [0.2, 0.25) is 0 Å². The van der Waals surface area contributed by atoms with Crippen LogP contribution in [0.5, 0.6) is 0 Å². The van der Waals surface area contributed by atoms with E-state index in [1.165, 1.54) is 69.3 Å². The van der Waals surface area contributed by atoms with Crippen LogP contribution in [0.1, 0.15) is 0 Å². The van der Waals surface area contributed by atoms with Crippen LogP contribution in [-0.2, 0) is 0 Å². The lowest BCUT2D eigenvalue weighted by Gasteiger charge is -2.26. The first-order valence-corrected chi connectivity index (χ1v) is 23.3. The molecule has 2 aromatic heterocycles. The van der Waals surface area contributed by atoms with Crippen molar-refractivity contribution in [3.05, 3.63) is 231 Å². The SMILES string of the molecule is c1ccc(N(c2ccc3c(c2)oc2c4ccc(N(c5ccccc5)c5ccc6c7ccccc7c7ccccc7c6c5)cc4sc32)c2ccc3c4ccccc4c4ccccc4c3c2)cc1. The maximum atomic E-state index is 6.91. The molecular formula is C62H38N2OS. The second-order valence-corrected chi connectivity index (χ2v) is 18.3. The Labute approximate surface area is 384 Å². The van der Waals surface area contributed by atoms with Crippen molar-refractivity contribution in [3.63, 3.8) is 0 Å². The number of para-hydroxylation sites is 2. The van der Waals surface area contributed by atoms with E-state index in [0.29, 0.717) is 0 Å². The second-order valence-electron chi connectivity index (χ2n) is 17.2. The number of fused-ring (bicyclic) bond motifs is 17. The normalized spacial score (nSPS) is 11.9. The first kappa shape index (κ1) is 37.0. The van der Waals surface area contributed by atoms with Gasteiger partial charge in [-0.1, -0.05) is 146 Å². The van der Waals surface area contributed by atoms with Crippen molar-refractivity contribution in [1.82, 2.24) is 0 Å². The number of anilines is 6. The Balaban J connectivity index is 0.894. The Morgan fingerprint density at radius 3 is 1.03 bits per heavy atom. The van der Waals surface area contributed by atoms with E-state index in [2.05, 4.69) is 240 Å². The lowest BCUT2D eigenvalue weighted by atomic mass is 9.94. The highest BCUT2D eigenvalue weighted by Gasteiger charge is 2.21. The van der Waals surface area contributed by atoms with Crippen LogP contribution in [0.2, 0.25) is 0 Å². The van der Waals surface area contributed by atoms with Gasteiger partial charge in [0.15, 0.2) is 5.58 Å². The molecule has 0 aliphatic heterocycles. The molecule has 14 rings (SSSR count). The highest BCUT2D eigenvalue weighted by atomic mass is 32.1. The van der Waals surface area contributed by atoms with E-state index in [1.807, 2.05) is 0 Å². The number of rotatable bonds is 6. The first-order valence-electron chi connectivity index (χ1n) is 22.5. The number of nitrogens with zero attached hydrogens (tertiary/aromatic N) is 2. The quantitative estimate of drug-likeness (QED) is 0.155. The third-order valence-electron chi connectivity index (χ3n) is 13.6. The van der Waals surface area contributed by atoms with E-state index < -0.39 is 0 Å². The van der Waals surface area contributed by atoms with Crippen LogP contribution in [0.4, 0.5) is 34.1 Å². The van der Waals surface area contributed by atoms with E-state index in [0.717, 1.165) is 60.8 Å². The molecule has 0 amide bonds. The predicted octanol–water partition coefficient (Wildman–Crippen LogP) is 18.7. The number of benzene rings is 12. The average Bonchev–Trinajstić information content (AvgIpc) is 3.92. The Bertz CT molecular complexity index is 3900. The number of hydrogen-bond acceptors (Lipinski definition) is 4. The molecule has 0 aliphatic rings. The van der Waals surface area contributed by atoms with E-state index in [-0.39, 0.29) is 0 Å². The van der Waals surface area contributed by atoms with Gasteiger partial charge in [-0.05, 0) is 143 Å². The molecule has 0 atom stereocenters. The second kappa shape index (κ2) is 14.5. The maximum absolute atomic E-state index is 6.91. The minimum absolute atomic E-state index is 0.875. The summed E-state index contributed by atoms with van der Waals surface area (Å²) < 4.78 is 9.26. The maximum Gasteiger partial charge on any atom is 0.154 e. The Kier molecular flexibility index (Phi) is 8.15. The Morgan fingerprint density at radius 2 is 0.591 bits per heavy atom. The van der Waals surface area contributed by atoms with Gasteiger partial charge in [-0.2, -0.15) is 0 Å². The third-order valence-corrected chi connectivity index (χ3v) is 14.7. The number of hydrogen-bond donors (Lipinski definition) is 0. The fourth-order valence-corrected chi connectivity index (χ4v) is 11.8. The summed E-state index contributed by atoms with van der Waals surface area (Å²) in [4.78, 5) is 4.73. The molecule has 0 radical (unpaired) electrons. The average molecular weight is 859 g/mol. The standard InChI is InChI=1S/C62H38N2OS/c1-3-15-39(16-4-1)63(41-27-31-53-49-23-9-7-19-45(49)47-21-11-13-25-51(47)57(53)35-41)43-29-33-55-59(37-43)65-61-56-34-30-44(38-60(56)66-62(55)61)64(40-17-5-2-6-18-40)42-28-32-54-50-24-10-8-20-46(50)48-22-12-14-26-52(48)58(54)36-42/h1-38H. The van der Waals surface area contributed by atoms with Gasteiger partial charge in [0.05, 0.1) is 4.70 Å². The summed E-state index contributed by atoms with van der Waals surface area (Å²) in [6, 6.07) is 83.8. The van der Waals surface area contributed by atoms with Crippen molar-refractivity contribution in [3.8, 4) is 0 Å². The molecule has 2 heterocycles. The minimum Gasteiger partial charge on any atom is -0.454 e. The zero-order valence-corrected chi connectivity index (χ0v) is 36.5. The minimum atomic E-state index is 0.875. The fraction of sp³-hybridized carbons (Fsp3) is 0. The zero-order chi connectivity index (χ0) is 43.3. The Hall–Kier alpha value is -8.44. The first-order chi connectivity index (χ1) is 32.7. The molecule has 308 valence electrons. The molecule has 3 nitrogen and oxygen atoms in total. The van der Waals surface area contributed by atoms with E-state index in [4.69, 9.17) is 4.42 Å². The molecule has 0 unspecified atom stereocenters. The Morgan fingerprint density at radius 1 is 0.258 bits per heavy atom. The molecule has 4 heteroatoms. The molecule has 0 spiro atoms. The predicted molar refractivity (Wildman–Crippen MR) is 284 cm³/mol. The molecule has 0 bridgehead atoms. The summed E-state index contributed by atoms with van der Waals surface area (Å²) in [5.74, 6) is 0. The van der Waals surface area contributed by atoms with Crippen LogP contribution in [0.15, 0.2) is 235 Å². The van der Waals surface area contributed by atoms with E-state index in [1.54, 1.807) is 11.3 Å². The summed E-state index contributed by atoms with van der Waals surface area (Å²) >= 11 is 1.80. The van der Waals surface area contributed by atoms with Gasteiger partial charge in [0, 0.05) is 55.7 Å². The van der Waals surface area contributed by atoms with Crippen molar-refractivity contribution in [2.75, 3.05) is 9.80 Å². The lowest BCUT2D eigenvalue weighted by molar-refractivity contribution is 0.673. The fourth-order valence-electron chi connectivity index (χ4n) is 10.6. The molecule has 14 aromatic rings. The summed E-state index contributed by atoms with van der Waals surface area (Å²) in [7, 11) is 0. The van der Waals surface area contributed by atoms with Gasteiger partial charge in [0.25, 0.3) is 0 Å². The van der Waals surface area contributed by atoms with Gasteiger partial charge in [-0.3, -0.25) is 0 Å². The van der Waals surface area contributed by atoms with Crippen LogP contribution in [0.3, 0.4) is 0 Å². The smallest absolute Gasteiger partial charge is 0.154 e. The molecule has 12 aromatic carbocycles. The molecule has 0 saturated carbocycles. The van der Waals surface area contributed by atoms with Gasteiger partial charge in [0.1, 0.15) is 5.58 Å². The molecular weight excluding hydrogens is 821 g/mol. The van der Waals surface area contributed by atoms with Crippen molar-refractivity contribution in [1.29, 1.82) is 0 Å². The van der Waals surface area contributed by atoms with Crippen LogP contribution < -0.4 is 9.80 Å². The molecule has 0 saturated heterocycles. The summed E-state index contributed by atoms with van der Waals surface area (Å²) in [6.07, 6.45) is 0. The lowest BCUT2D eigenvalue weighted by Crippen LogP contribution is -2.09. The van der Waals surface area contributed by atoms with Gasteiger partial charge < -0.3 is 14.2 Å². The van der Waals surface area contributed by atoms with Gasteiger partial charge in [-0.15, -0.1) is 11.3 Å². The van der Waals surface area contributed by atoms with Crippen molar-refractivity contribution in [2.24, 2.45) is 0 Å². The molecule has 66 heavy (non-hydrogen) atoms.